The third kappa shape index (κ3) is 2.81. The van der Waals surface area contributed by atoms with E-state index in [0.717, 1.165) is 18.2 Å². The van der Waals surface area contributed by atoms with Crippen LogP contribution in [0.2, 0.25) is 5.02 Å². The minimum Gasteiger partial charge on any atom is -0.480 e. The monoisotopic (exact) mass is 294 g/mol. The minimum absolute atomic E-state index is 0.296. The predicted octanol–water partition coefficient (Wildman–Crippen LogP) is 2.36. The lowest BCUT2D eigenvalue weighted by molar-refractivity contribution is -0.137. The Kier molecular flexibility index (Phi) is 4.34. The summed E-state index contributed by atoms with van der Waals surface area (Å²) in [7, 11) is -4.09. The number of rotatable bonds is 4. The van der Waals surface area contributed by atoms with Crippen LogP contribution in [0.4, 0.5) is 4.39 Å². The van der Waals surface area contributed by atoms with Gasteiger partial charge in [-0.3, -0.25) is 4.79 Å². The first kappa shape index (κ1) is 14.9. The van der Waals surface area contributed by atoms with Crippen molar-refractivity contribution < 1.29 is 22.7 Å². The predicted molar refractivity (Wildman–Crippen MR) is 64.9 cm³/mol. The Morgan fingerprint density at radius 2 is 1.94 bits per heavy atom. The number of carboxylic acid groups (broad SMARTS) is 1. The summed E-state index contributed by atoms with van der Waals surface area (Å²) in [4.78, 5) is 10.7. The van der Waals surface area contributed by atoms with E-state index in [9.17, 15) is 17.6 Å². The first-order chi connectivity index (χ1) is 8.17. The van der Waals surface area contributed by atoms with E-state index in [1.165, 1.54) is 13.8 Å². The van der Waals surface area contributed by atoms with Gasteiger partial charge in [0, 0.05) is 0 Å². The molecule has 0 amide bonds. The molecule has 1 rings (SSSR count). The molecule has 1 N–H and O–H groups in total. The molecule has 0 aromatic heterocycles. The third-order valence-corrected chi connectivity index (χ3v) is 5.02. The summed E-state index contributed by atoms with van der Waals surface area (Å²) in [5.74, 6) is -2.81. The van der Waals surface area contributed by atoms with Crippen molar-refractivity contribution in [2.24, 2.45) is 5.92 Å². The van der Waals surface area contributed by atoms with Gasteiger partial charge in [-0.2, -0.15) is 0 Å². The normalized spacial score (nSPS) is 13.6. The lowest BCUT2D eigenvalue weighted by Gasteiger charge is -2.17. The van der Waals surface area contributed by atoms with Gasteiger partial charge in [0.15, 0.2) is 15.1 Å². The Labute approximate surface area is 109 Å². The second kappa shape index (κ2) is 5.24. The summed E-state index contributed by atoms with van der Waals surface area (Å²) in [5, 5.41) is 7.04. The molecular weight excluding hydrogens is 283 g/mol. The van der Waals surface area contributed by atoms with Gasteiger partial charge in [-0.1, -0.05) is 25.4 Å². The molecule has 0 aliphatic carbocycles. The molecule has 1 aromatic carbocycles. The second-order valence-electron chi connectivity index (χ2n) is 4.12. The highest BCUT2D eigenvalue weighted by atomic mass is 35.5. The maximum absolute atomic E-state index is 13.0. The zero-order valence-electron chi connectivity index (χ0n) is 9.72. The molecule has 0 saturated heterocycles. The maximum Gasteiger partial charge on any atom is 0.322 e. The molecular formula is C11H12ClFO4S. The van der Waals surface area contributed by atoms with Crippen LogP contribution in [0.1, 0.15) is 13.8 Å². The van der Waals surface area contributed by atoms with Crippen molar-refractivity contribution in [1.29, 1.82) is 0 Å². The molecule has 0 heterocycles. The van der Waals surface area contributed by atoms with Crippen LogP contribution in [0, 0.1) is 11.7 Å². The Morgan fingerprint density at radius 1 is 1.39 bits per heavy atom. The topological polar surface area (TPSA) is 71.4 Å². The van der Waals surface area contributed by atoms with Crippen LogP contribution in [-0.4, -0.2) is 24.7 Å². The van der Waals surface area contributed by atoms with E-state index < -0.39 is 32.8 Å². The number of sulfone groups is 1. The van der Waals surface area contributed by atoms with Crippen LogP contribution < -0.4 is 0 Å². The molecule has 0 radical (unpaired) electrons. The molecule has 0 aliphatic rings. The fraction of sp³-hybridized carbons (Fsp3) is 0.364. The zero-order valence-corrected chi connectivity index (χ0v) is 11.3. The Morgan fingerprint density at radius 3 is 2.33 bits per heavy atom. The fourth-order valence-corrected chi connectivity index (χ4v) is 3.64. The van der Waals surface area contributed by atoms with Crippen LogP contribution in [0.5, 0.6) is 0 Å². The largest absolute Gasteiger partial charge is 0.480 e. The summed E-state index contributed by atoms with van der Waals surface area (Å²) < 4.78 is 37.2. The average molecular weight is 295 g/mol. The first-order valence-electron chi connectivity index (χ1n) is 5.09. The number of carbonyl (C=O) groups is 1. The molecule has 1 unspecified atom stereocenters. The first-order valence-corrected chi connectivity index (χ1v) is 7.02. The summed E-state index contributed by atoms with van der Waals surface area (Å²) in [6, 6.07) is 2.83. The van der Waals surface area contributed by atoms with Crippen molar-refractivity contribution in [3.05, 3.63) is 29.0 Å². The van der Waals surface area contributed by atoms with E-state index in [1.807, 2.05) is 0 Å². The summed E-state index contributed by atoms with van der Waals surface area (Å²) in [6.45, 7) is 2.98. The van der Waals surface area contributed by atoms with Crippen LogP contribution in [-0.2, 0) is 14.6 Å². The molecule has 4 nitrogen and oxygen atoms in total. The third-order valence-electron chi connectivity index (χ3n) is 2.40. The number of benzene rings is 1. The standard InChI is InChI=1S/C11H12ClFO4S/c1-6(2)10(11(14)15)18(16,17)7-3-4-9(13)8(12)5-7/h3-6,10H,1-2H3,(H,14,15). The molecule has 0 bridgehead atoms. The van der Waals surface area contributed by atoms with Gasteiger partial charge < -0.3 is 5.11 Å². The lowest BCUT2D eigenvalue weighted by atomic mass is 10.1. The van der Waals surface area contributed by atoms with Gasteiger partial charge in [0.25, 0.3) is 0 Å². The second-order valence-corrected chi connectivity index (χ2v) is 6.60. The van der Waals surface area contributed by atoms with E-state index in [-0.39, 0.29) is 9.92 Å². The van der Waals surface area contributed by atoms with Crippen LogP contribution in [0.25, 0.3) is 0 Å². The number of hydrogen-bond acceptors (Lipinski definition) is 3. The summed E-state index contributed by atoms with van der Waals surface area (Å²) >= 11 is 5.50. The van der Waals surface area contributed by atoms with E-state index >= 15 is 0 Å². The van der Waals surface area contributed by atoms with E-state index in [1.54, 1.807) is 0 Å². The fourth-order valence-electron chi connectivity index (χ4n) is 1.58. The van der Waals surface area contributed by atoms with Crippen molar-refractivity contribution >= 4 is 27.4 Å². The number of carboxylic acids is 1. The smallest absolute Gasteiger partial charge is 0.322 e. The van der Waals surface area contributed by atoms with Crippen molar-refractivity contribution in [2.45, 2.75) is 24.0 Å². The van der Waals surface area contributed by atoms with Crippen LogP contribution in [0.15, 0.2) is 23.1 Å². The molecule has 7 heteroatoms. The quantitative estimate of drug-likeness (QED) is 0.865. The van der Waals surface area contributed by atoms with Crippen molar-refractivity contribution in [3.8, 4) is 0 Å². The van der Waals surface area contributed by atoms with Gasteiger partial charge in [0.05, 0.1) is 9.92 Å². The maximum atomic E-state index is 13.0. The number of aliphatic carboxylic acids is 1. The van der Waals surface area contributed by atoms with Crippen molar-refractivity contribution in [1.82, 2.24) is 0 Å². The molecule has 0 spiro atoms. The van der Waals surface area contributed by atoms with Crippen LogP contribution in [0.3, 0.4) is 0 Å². The minimum atomic E-state index is -4.09. The van der Waals surface area contributed by atoms with Crippen LogP contribution >= 0.6 is 11.6 Å². The molecule has 1 aromatic rings. The highest BCUT2D eigenvalue weighted by molar-refractivity contribution is 7.92. The SMILES string of the molecule is CC(C)C(C(=O)O)S(=O)(=O)c1ccc(F)c(Cl)c1. The van der Waals surface area contributed by atoms with Gasteiger partial charge in [-0.25, -0.2) is 12.8 Å². The zero-order chi connectivity index (χ0) is 14.1. The van der Waals surface area contributed by atoms with Gasteiger partial charge >= 0.3 is 5.97 Å². The van der Waals surface area contributed by atoms with Gasteiger partial charge in [0.2, 0.25) is 0 Å². The van der Waals surface area contributed by atoms with E-state index in [4.69, 9.17) is 16.7 Å². The van der Waals surface area contributed by atoms with Gasteiger partial charge in [-0.05, 0) is 24.1 Å². The number of halogens is 2. The number of hydrogen-bond donors (Lipinski definition) is 1. The molecule has 18 heavy (non-hydrogen) atoms. The Balaban J connectivity index is 3.36. The highest BCUT2D eigenvalue weighted by Crippen LogP contribution is 2.25. The van der Waals surface area contributed by atoms with Crippen molar-refractivity contribution in [2.75, 3.05) is 0 Å². The molecule has 100 valence electrons. The van der Waals surface area contributed by atoms with Crippen molar-refractivity contribution in [3.63, 3.8) is 0 Å². The van der Waals surface area contributed by atoms with Gasteiger partial charge in [0.1, 0.15) is 5.82 Å². The molecule has 0 aliphatic heterocycles. The van der Waals surface area contributed by atoms with E-state index in [0.29, 0.717) is 0 Å². The lowest BCUT2D eigenvalue weighted by Crippen LogP contribution is -2.35. The highest BCUT2D eigenvalue weighted by Gasteiger charge is 2.36. The molecule has 0 fully saturated rings. The summed E-state index contributed by atoms with van der Waals surface area (Å²) in [6.07, 6.45) is 0. The molecule has 1 atom stereocenters. The summed E-state index contributed by atoms with van der Waals surface area (Å²) in [5.41, 5.74) is 0. The van der Waals surface area contributed by atoms with Gasteiger partial charge in [-0.15, -0.1) is 0 Å². The molecule has 0 saturated carbocycles. The Hall–Kier alpha value is -1.14. The van der Waals surface area contributed by atoms with E-state index in [2.05, 4.69) is 0 Å². The average Bonchev–Trinajstić information content (AvgIpc) is 2.19. The Bertz CT molecular complexity index is 568.